The van der Waals surface area contributed by atoms with E-state index < -0.39 is 0 Å². The first-order valence-corrected chi connectivity index (χ1v) is 6.80. The highest BCUT2D eigenvalue weighted by Crippen LogP contribution is 2.28. The Hall–Kier alpha value is -2.06. The fourth-order valence-electron chi connectivity index (χ4n) is 3.02. The molecule has 1 atom stereocenters. The molecule has 1 aliphatic rings. The average molecular weight is 248 g/mol. The minimum absolute atomic E-state index is 0.316. The minimum atomic E-state index is 0.316. The molecule has 0 aliphatic carbocycles. The molecule has 2 aromatic heterocycles. The molecule has 0 saturated heterocycles. The third-order valence-corrected chi connectivity index (χ3v) is 3.99. The third-order valence-electron chi connectivity index (χ3n) is 3.99. The molecule has 1 aliphatic heterocycles. The standard InChI is InChI=1S/C17H16N2/c1-2-6-16-13(4-1)9-10-18-17(16)14-7-8-15-5-3-11-19(15)12-14/h1-8,11-12,17-18H,9-10H2. The summed E-state index contributed by atoms with van der Waals surface area (Å²) in [6.45, 7) is 1.05. The van der Waals surface area contributed by atoms with Crippen LogP contribution in [0.4, 0.5) is 0 Å². The van der Waals surface area contributed by atoms with Crippen LogP contribution in [0.2, 0.25) is 0 Å². The maximum atomic E-state index is 3.64. The molecule has 94 valence electrons. The third kappa shape index (κ3) is 1.76. The first kappa shape index (κ1) is 10.8. The number of fused-ring (bicyclic) bond motifs is 2. The van der Waals surface area contributed by atoms with Gasteiger partial charge in [-0.25, -0.2) is 0 Å². The molecule has 0 bridgehead atoms. The molecule has 0 spiro atoms. The van der Waals surface area contributed by atoms with Crippen molar-refractivity contribution < 1.29 is 0 Å². The number of nitrogens with one attached hydrogen (secondary N) is 1. The van der Waals surface area contributed by atoms with Gasteiger partial charge in [0.1, 0.15) is 0 Å². The minimum Gasteiger partial charge on any atom is -0.324 e. The zero-order valence-electron chi connectivity index (χ0n) is 10.7. The van der Waals surface area contributed by atoms with Gasteiger partial charge < -0.3 is 9.72 Å². The van der Waals surface area contributed by atoms with E-state index in [4.69, 9.17) is 0 Å². The van der Waals surface area contributed by atoms with Crippen molar-refractivity contribution in [3.8, 4) is 0 Å². The molecule has 0 amide bonds. The Morgan fingerprint density at radius 1 is 1.00 bits per heavy atom. The Morgan fingerprint density at radius 2 is 1.95 bits per heavy atom. The lowest BCUT2D eigenvalue weighted by atomic mass is 9.90. The summed E-state index contributed by atoms with van der Waals surface area (Å²) < 4.78 is 2.19. The molecular weight excluding hydrogens is 232 g/mol. The summed E-state index contributed by atoms with van der Waals surface area (Å²) in [4.78, 5) is 0. The SMILES string of the molecule is c1ccc2c(c1)CCNC2c1ccc2cccn2c1. The van der Waals surface area contributed by atoms with E-state index in [1.807, 2.05) is 0 Å². The first-order chi connectivity index (χ1) is 9.42. The van der Waals surface area contributed by atoms with Gasteiger partial charge in [0.25, 0.3) is 0 Å². The number of pyridine rings is 1. The zero-order valence-corrected chi connectivity index (χ0v) is 10.7. The molecule has 1 N–H and O–H groups in total. The van der Waals surface area contributed by atoms with Crippen LogP contribution in [0.5, 0.6) is 0 Å². The normalized spacial score (nSPS) is 18.4. The molecular formula is C17H16N2. The van der Waals surface area contributed by atoms with Gasteiger partial charge in [0.15, 0.2) is 0 Å². The zero-order chi connectivity index (χ0) is 12.7. The predicted molar refractivity (Wildman–Crippen MR) is 77.4 cm³/mol. The highest BCUT2D eigenvalue weighted by atomic mass is 14.9. The fraction of sp³-hybridized carbons (Fsp3) is 0.176. The van der Waals surface area contributed by atoms with Crippen LogP contribution in [0.25, 0.3) is 5.52 Å². The summed E-state index contributed by atoms with van der Waals surface area (Å²) >= 11 is 0. The van der Waals surface area contributed by atoms with Crippen molar-refractivity contribution in [1.82, 2.24) is 9.72 Å². The van der Waals surface area contributed by atoms with Crippen LogP contribution in [-0.2, 0) is 6.42 Å². The molecule has 19 heavy (non-hydrogen) atoms. The van der Waals surface area contributed by atoms with Crippen molar-refractivity contribution in [3.05, 3.63) is 77.6 Å². The van der Waals surface area contributed by atoms with Gasteiger partial charge in [0, 0.05) is 24.5 Å². The van der Waals surface area contributed by atoms with E-state index in [1.54, 1.807) is 0 Å². The average Bonchev–Trinajstić information content (AvgIpc) is 2.94. The number of rotatable bonds is 1. The number of benzene rings is 1. The van der Waals surface area contributed by atoms with Crippen molar-refractivity contribution in [2.24, 2.45) is 0 Å². The largest absolute Gasteiger partial charge is 0.324 e. The highest BCUT2D eigenvalue weighted by molar-refractivity contribution is 5.50. The fourth-order valence-corrected chi connectivity index (χ4v) is 3.02. The highest BCUT2D eigenvalue weighted by Gasteiger charge is 2.20. The van der Waals surface area contributed by atoms with Crippen LogP contribution in [0.3, 0.4) is 0 Å². The Bertz CT molecular complexity index is 727. The monoisotopic (exact) mass is 248 g/mol. The quantitative estimate of drug-likeness (QED) is 0.699. The lowest BCUT2D eigenvalue weighted by Crippen LogP contribution is -2.30. The van der Waals surface area contributed by atoms with E-state index in [-0.39, 0.29) is 0 Å². The molecule has 2 heteroatoms. The molecule has 0 radical (unpaired) electrons. The van der Waals surface area contributed by atoms with Crippen LogP contribution in [0.15, 0.2) is 60.9 Å². The summed E-state index contributed by atoms with van der Waals surface area (Å²) in [5.41, 5.74) is 5.46. The van der Waals surface area contributed by atoms with Crippen LogP contribution >= 0.6 is 0 Å². The first-order valence-electron chi connectivity index (χ1n) is 6.80. The van der Waals surface area contributed by atoms with E-state index in [9.17, 15) is 0 Å². The molecule has 0 fully saturated rings. The van der Waals surface area contributed by atoms with Crippen molar-refractivity contribution in [2.45, 2.75) is 12.5 Å². The summed E-state index contributed by atoms with van der Waals surface area (Å²) in [7, 11) is 0. The molecule has 4 rings (SSSR count). The van der Waals surface area contributed by atoms with E-state index in [0.717, 1.165) is 13.0 Å². The number of aromatic nitrogens is 1. The topological polar surface area (TPSA) is 16.4 Å². The number of nitrogens with zero attached hydrogens (tertiary/aromatic N) is 1. The van der Waals surface area contributed by atoms with E-state index >= 15 is 0 Å². The number of hydrogen-bond donors (Lipinski definition) is 1. The Kier molecular flexibility index (Phi) is 2.42. The number of hydrogen-bond acceptors (Lipinski definition) is 1. The molecule has 1 aromatic carbocycles. The molecule has 3 heterocycles. The van der Waals surface area contributed by atoms with Crippen molar-refractivity contribution >= 4 is 5.52 Å². The van der Waals surface area contributed by atoms with Gasteiger partial charge in [-0.2, -0.15) is 0 Å². The molecule has 1 unspecified atom stereocenters. The second-order valence-electron chi connectivity index (χ2n) is 5.14. The van der Waals surface area contributed by atoms with Gasteiger partial charge >= 0.3 is 0 Å². The predicted octanol–water partition coefficient (Wildman–Crippen LogP) is 3.17. The second kappa shape index (κ2) is 4.25. The summed E-state index contributed by atoms with van der Waals surface area (Å²) in [5.74, 6) is 0. The Morgan fingerprint density at radius 3 is 2.95 bits per heavy atom. The van der Waals surface area contributed by atoms with Crippen LogP contribution < -0.4 is 5.32 Å². The van der Waals surface area contributed by atoms with Crippen LogP contribution in [0, 0.1) is 0 Å². The van der Waals surface area contributed by atoms with Gasteiger partial charge in [0.2, 0.25) is 0 Å². The molecule has 2 nitrogen and oxygen atoms in total. The lowest BCUT2D eigenvalue weighted by molar-refractivity contribution is 0.566. The van der Waals surface area contributed by atoms with Gasteiger partial charge in [-0.05, 0) is 41.3 Å². The van der Waals surface area contributed by atoms with Gasteiger partial charge in [0.05, 0.1) is 6.04 Å². The smallest absolute Gasteiger partial charge is 0.0594 e. The summed E-state index contributed by atoms with van der Waals surface area (Å²) in [6, 6.07) is 17.7. The summed E-state index contributed by atoms with van der Waals surface area (Å²) in [5, 5.41) is 3.64. The van der Waals surface area contributed by atoms with Crippen molar-refractivity contribution in [3.63, 3.8) is 0 Å². The maximum absolute atomic E-state index is 3.64. The van der Waals surface area contributed by atoms with E-state index in [0.29, 0.717) is 6.04 Å². The van der Waals surface area contributed by atoms with Crippen molar-refractivity contribution in [1.29, 1.82) is 0 Å². The molecule has 3 aromatic rings. The van der Waals surface area contributed by atoms with E-state index in [2.05, 4.69) is 70.6 Å². The maximum Gasteiger partial charge on any atom is 0.0594 e. The van der Waals surface area contributed by atoms with Gasteiger partial charge in [-0.15, -0.1) is 0 Å². The van der Waals surface area contributed by atoms with E-state index in [1.165, 1.54) is 22.2 Å². The lowest BCUT2D eigenvalue weighted by Gasteiger charge is -2.27. The van der Waals surface area contributed by atoms with Crippen LogP contribution in [0.1, 0.15) is 22.7 Å². The van der Waals surface area contributed by atoms with Gasteiger partial charge in [-0.3, -0.25) is 0 Å². The van der Waals surface area contributed by atoms with Crippen molar-refractivity contribution in [2.75, 3.05) is 6.54 Å². The Balaban J connectivity index is 1.84. The molecule has 0 saturated carbocycles. The Labute approximate surface area is 112 Å². The van der Waals surface area contributed by atoms with Crippen LogP contribution in [-0.4, -0.2) is 10.9 Å². The summed E-state index contributed by atoms with van der Waals surface area (Å²) in [6.07, 6.45) is 5.46. The second-order valence-corrected chi connectivity index (χ2v) is 5.14. The van der Waals surface area contributed by atoms with Gasteiger partial charge in [-0.1, -0.05) is 30.3 Å².